The molecule has 0 aliphatic rings. The molecule has 1 aromatic heterocycles. The predicted octanol–water partition coefficient (Wildman–Crippen LogP) is 4.87. The molecule has 0 saturated heterocycles. The van der Waals surface area contributed by atoms with Crippen LogP contribution in [0.15, 0.2) is 72.6 Å². The highest BCUT2D eigenvalue weighted by Gasteiger charge is 2.12. The van der Waals surface area contributed by atoms with Gasteiger partial charge in [-0.15, -0.1) is 0 Å². The molecule has 1 N–H and O–H groups in total. The number of amides is 1. The minimum absolute atomic E-state index is 0.0700. The van der Waals surface area contributed by atoms with Gasteiger partial charge in [-0.05, 0) is 36.4 Å². The molecule has 2 aromatic carbocycles. The number of anilines is 1. The number of halogens is 1. The van der Waals surface area contributed by atoms with E-state index in [1.54, 1.807) is 48.8 Å². The molecule has 7 heteroatoms. The van der Waals surface area contributed by atoms with E-state index < -0.39 is 5.91 Å². The number of ether oxygens (including phenoxy) is 2. The summed E-state index contributed by atoms with van der Waals surface area (Å²) in [5.74, 6) is 0.487. The Kier molecular flexibility index (Phi) is 7.04. The first kappa shape index (κ1) is 20.9. The molecule has 0 radical (unpaired) electrons. The van der Waals surface area contributed by atoms with E-state index in [1.807, 2.05) is 24.3 Å². The van der Waals surface area contributed by atoms with Gasteiger partial charge in [0.25, 0.3) is 5.91 Å². The molecule has 0 spiro atoms. The number of rotatable bonds is 7. The number of methoxy groups -OCH3 is 1. The Labute approximate surface area is 179 Å². The van der Waals surface area contributed by atoms with Crippen LogP contribution in [0.25, 0.3) is 6.08 Å². The van der Waals surface area contributed by atoms with Crippen LogP contribution in [0.2, 0.25) is 5.02 Å². The number of hydrogen-bond acceptors (Lipinski definition) is 5. The summed E-state index contributed by atoms with van der Waals surface area (Å²) in [5.41, 5.74) is 1.90. The molecule has 0 fully saturated rings. The summed E-state index contributed by atoms with van der Waals surface area (Å²) in [4.78, 5) is 16.6. The van der Waals surface area contributed by atoms with Gasteiger partial charge in [-0.25, -0.2) is 0 Å². The molecule has 0 aliphatic heterocycles. The second-order valence-corrected chi connectivity index (χ2v) is 6.57. The van der Waals surface area contributed by atoms with E-state index >= 15 is 0 Å². The summed E-state index contributed by atoms with van der Waals surface area (Å²) >= 11 is 6.09. The van der Waals surface area contributed by atoms with Crippen LogP contribution in [0.1, 0.15) is 11.1 Å². The molecule has 3 aromatic rings. The van der Waals surface area contributed by atoms with Crippen LogP contribution in [-0.2, 0) is 11.4 Å². The van der Waals surface area contributed by atoms with Gasteiger partial charge in [0.1, 0.15) is 29.7 Å². The minimum atomic E-state index is -0.555. The lowest BCUT2D eigenvalue weighted by molar-refractivity contribution is -0.112. The molecule has 6 nitrogen and oxygen atoms in total. The average Bonchev–Trinajstić information content (AvgIpc) is 2.77. The first-order valence-electron chi connectivity index (χ1n) is 8.98. The Morgan fingerprint density at radius 2 is 2.03 bits per heavy atom. The van der Waals surface area contributed by atoms with Crippen molar-refractivity contribution in [2.75, 3.05) is 12.4 Å². The highest BCUT2D eigenvalue weighted by Crippen LogP contribution is 2.28. The van der Waals surface area contributed by atoms with Crippen LogP contribution in [0.4, 0.5) is 5.69 Å². The maximum Gasteiger partial charge on any atom is 0.266 e. The van der Waals surface area contributed by atoms with Crippen molar-refractivity contribution in [3.8, 4) is 17.6 Å². The molecule has 3 rings (SSSR count). The Morgan fingerprint density at radius 3 is 2.73 bits per heavy atom. The summed E-state index contributed by atoms with van der Waals surface area (Å²) in [6, 6.07) is 17.7. The van der Waals surface area contributed by atoms with Gasteiger partial charge >= 0.3 is 0 Å². The van der Waals surface area contributed by atoms with Crippen LogP contribution in [-0.4, -0.2) is 18.0 Å². The SMILES string of the molecule is COc1ccc(NC(=O)/C(C#N)=C/c2ccccc2OCc2cccnc2)cc1Cl. The lowest BCUT2D eigenvalue weighted by Crippen LogP contribution is -2.13. The first-order chi connectivity index (χ1) is 14.6. The maximum atomic E-state index is 12.6. The molecular weight excluding hydrogens is 402 g/mol. The summed E-state index contributed by atoms with van der Waals surface area (Å²) < 4.78 is 10.9. The van der Waals surface area contributed by atoms with Gasteiger partial charge in [-0.2, -0.15) is 5.26 Å². The molecule has 0 unspecified atom stereocenters. The summed E-state index contributed by atoms with van der Waals surface area (Å²) in [6.45, 7) is 0.317. The quantitative estimate of drug-likeness (QED) is 0.436. The summed E-state index contributed by atoms with van der Waals surface area (Å²) in [5, 5.41) is 12.5. The van der Waals surface area contributed by atoms with Crippen molar-refractivity contribution in [3.05, 3.63) is 88.7 Å². The molecule has 30 heavy (non-hydrogen) atoms. The standard InChI is InChI=1S/C23H18ClN3O3/c1-29-22-9-8-19(12-20(22)24)27-23(28)18(13-25)11-17-6-2-3-7-21(17)30-15-16-5-4-10-26-14-16/h2-12,14H,15H2,1H3,(H,27,28)/b18-11+. The molecule has 0 atom stereocenters. The van der Waals surface area contributed by atoms with Crippen molar-refractivity contribution in [1.82, 2.24) is 4.98 Å². The number of nitrogens with one attached hydrogen (secondary N) is 1. The fraction of sp³-hybridized carbons (Fsp3) is 0.0870. The number of carbonyl (C=O) groups is 1. The predicted molar refractivity (Wildman–Crippen MR) is 115 cm³/mol. The Morgan fingerprint density at radius 1 is 1.20 bits per heavy atom. The van der Waals surface area contributed by atoms with Crippen molar-refractivity contribution in [2.24, 2.45) is 0 Å². The normalized spacial score (nSPS) is 10.8. The fourth-order valence-corrected chi connectivity index (χ4v) is 2.88. The largest absolute Gasteiger partial charge is 0.495 e. The van der Waals surface area contributed by atoms with E-state index in [1.165, 1.54) is 13.2 Å². The number of pyridine rings is 1. The monoisotopic (exact) mass is 419 g/mol. The highest BCUT2D eigenvalue weighted by molar-refractivity contribution is 6.32. The topological polar surface area (TPSA) is 84.2 Å². The molecule has 0 aliphatic carbocycles. The number of para-hydroxylation sites is 1. The molecular formula is C23H18ClN3O3. The smallest absolute Gasteiger partial charge is 0.266 e. The fourth-order valence-electron chi connectivity index (χ4n) is 2.62. The molecule has 1 heterocycles. The van der Waals surface area contributed by atoms with Gasteiger partial charge in [-0.3, -0.25) is 9.78 Å². The van der Waals surface area contributed by atoms with Crippen LogP contribution in [0, 0.1) is 11.3 Å². The molecule has 0 saturated carbocycles. The van der Waals surface area contributed by atoms with Gasteiger partial charge in [0.15, 0.2) is 0 Å². The van der Waals surface area contributed by atoms with E-state index in [9.17, 15) is 10.1 Å². The van der Waals surface area contributed by atoms with E-state index in [0.29, 0.717) is 34.4 Å². The Hall–Kier alpha value is -3.82. The summed E-state index contributed by atoms with van der Waals surface area (Å²) in [7, 11) is 1.50. The second kappa shape index (κ2) is 10.1. The van der Waals surface area contributed by atoms with Crippen molar-refractivity contribution >= 4 is 29.3 Å². The van der Waals surface area contributed by atoms with Crippen molar-refractivity contribution in [3.63, 3.8) is 0 Å². The number of nitrogens with zero attached hydrogens (tertiary/aromatic N) is 2. The lowest BCUT2D eigenvalue weighted by atomic mass is 10.1. The van der Waals surface area contributed by atoms with Crippen LogP contribution < -0.4 is 14.8 Å². The van der Waals surface area contributed by atoms with Gasteiger partial charge in [0.05, 0.1) is 12.1 Å². The second-order valence-electron chi connectivity index (χ2n) is 6.16. The van der Waals surface area contributed by atoms with E-state index in [-0.39, 0.29) is 5.57 Å². The molecule has 150 valence electrons. The molecule has 1 amide bonds. The third kappa shape index (κ3) is 5.37. The first-order valence-corrected chi connectivity index (χ1v) is 9.36. The van der Waals surface area contributed by atoms with E-state index in [4.69, 9.17) is 21.1 Å². The average molecular weight is 420 g/mol. The van der Waals surface area contributed by atoms with Crippen molar-refractivity contribution in [1.29, 1.82) is 5.26 Å². The van der Waals surface area contributed by atoms with Gasteiger partial charge < -0.3 is 14.8 Å². The zero-order chi connectivity index (χ0) is 21.3. The Balaban J connectivity index is 1.77. The van der Waals surface area contributed by atoms with Crippen molar-refractivity contribution in [2.45, 2.75) is 6.61 Å². The number of benzene rings is 2. The third-order valence-electron chi connectivity index (χ3n) is 4.11. The van der Waals surface area contributed by atoms with E-state index in [0.717, 1.165) is 5.56 Å². The van der Waals surface area contributed by atoms with Gasteiger partial charge in [0.2, 0.25) is 0 Å². The van der Waals surface area contributed by atoms with Gasteiger partial charge in [0, 0.05) is 29.2 Å². The van der Waals surface area contributed by atoms with Crippen LogP contribution >= 0.6 is 11.6 Å². The number of hydrogen-bond donors (Lipinski definition) is 1. The zero-order valence-corrected chi connectivity index (χ0v) is 16.9. The zero-order valence-electron chi connectivity index (χ0n) is 16.1. The minimum Gasteiger partial charge on any atom is -0.495 e. The summed E-state index contributed by atoms with van der Waals surface area (Å²) in [6.07, 6.45) is 4.89. The van der Waals surface area contributed by atoms with Crippen LogP contribution in [0.5, 0.6) is 11.5 Å². The Bertz CT molecular complexity index is 1110. The van der Waals surface area contributed by atoms with Crippen LogP contribution in [0.3, 0.4) is 0 Å². The van der Waals surface area contributed by atoms with Crippen molar-refractivity contribution < 1.29 is 14.3 Å². The third-order valence-corrected chi connectivity index (χ3v) is 4.41. The number of carbonyl (C=O) groups excluding carboxylic acids is 1. The maximum absolute atomic E-state index is 12.6. The van der Waals surface area contributed by atoms with Gasteiger partial charge in [-0.1, -0.05) is 35.9 Å². The lowest BCUT2D eigenvalue weighted by Gasteiger charge is -2.10. The number of aromatic nitrogens is 1. The highest BCUT2D eigenvalue weighted by atomic mass is 35.5. The molecule has 0 bridgehead atoms. The van der Waals surface area contributed by atoms with E-state index in [2.05, 4.69) is 10.3 Å². The number of nitriles is 1.